The molecule has 0 aromatic heterocycles. The van der Waals surface area contributed by atoms with Crippen molar-refractivity contribution in [1.29, 1.82) is 0 Å². The van der Waals surface area contributed by atoms with Crippen LogP contribution in [-0.4, -0.2) is 25.7 Å². The van der Waals surface area contributed by atoms with Crippen LogP contribution >= 0.6 is 28.3 Å². The van der Waals surface area contributed by atoms with Gasteiger partial charge in [0.15, 0.2) is 0 Å². The maximum Gasteiger partial charge on any atom is 0.239 e. The molecular formula is C11H16BrClN2O2. The number of hydrogen-bond acceptors (Lipinski definition) is 3. The molecule has 0 saturated carbocycles. The van der Waals surface area contributed by atoms with Crippen molar-refractivity contribution in [3.8, 4) is 0 Å². The first-order chi connectivity index (χ1) is 7.63. The van der Waals surface area contributed by atoms with Crippen molar-refractivity contribution >= 4 is 34.2 Å². The predicted octanol–water partition coefficient (Wildman–Crippen LogP) is 1.46. The molecule has 0 aliphatic heterocycles. The largest absolute Gasteiger partial charge is 0.383 e. The van der Waals surface area contributed by atoms with Gasteiger partial charge in [-0.25, -0.2) is 0 Å². The Balaban J connectivity index is 0.00000256. The first-order valence-corrected chi connectivity index (χ1v) is 5.69. The number of hydrogen-bond donors (Lipinski definition) is 2. The van der Waals surface area contributed by atoms with Crippen LogP contribution in [0.25, 0.3) is 0 Å². The molecule has 0 saturated heterocycles. The van der Waals surface area contributed by atoms with Crippen LogP contribution in [0.15, 0.2) is 28.7 Å². The molecule has 1 atom stereocenters. The SMILES string of the molecule is COCC(N)C(=O)NCc1ccc(Br)cc1.Cl. The average Bonchev–Trinajstić information content (AvgIpc) is 2.28. The zero-order valence-electron chi connectivity index (χ0n) is 9.48. The smallest absolute Gasteiger partial charge is 0.239 e. The lowest BCUT2D eigenvalue weighted by Gasteiger charge is -2.11. The van der Waals surface area contributed by atoms with Crippen LogP contribution in [0.3, 0.4) is 0 Å². The molecule has 1 amide bonds. The van der Waals surface area contributed by atoms with Crippen molar-refractivity contribution in [1.82, 2.24) is 5.32 Å². The Hall–Kier alpha value is -0.620. The van der Waals surface area contributed by atoms with E-state index in [1.807, 2.05) is 24.3 Å². The summed E-state index contributed by atoms with van der Waals surface area (Å²) in [4.78, 5) is 11.4. The van der Waals surface area contributed by atoms with Crippen LogP contribution in [0.2, 0.25) is 0 Å². The molecule has 1 rings (SSSR count). The van der Waals surface area contributed by atoms with Gasteiger partial charge in [-0.15, -0.1) is 12.4 Å². The lowest BCUT2D eigenvalue weighted by Crippen LogP contribution is -2.43. The van der Waals surface area contributed by atoms with Gasteiger partial charge >= 0.3 is 0 Å². The number of carbonyl (C=O) groups is 1. The number of rotatable bonds is 5. The quantitative estimate of drug-likeness (QED) is 0.862. The number of amides is 1. The van der Waals surface area contributed by atoms with Crippen LogP contribution < -0.4 is 11.1 Å². The van der Waals surface area contributed by atoms with E-state index < -0.39 is 6.04 Å². The monoisotopic (exact) mass is 322 g/mol. The number of ether oxygens (including phenoxy) is 1. The summed E-state index contributed by atoms with van der Waals surface area (Å²) in [7, 11) is 1.52. The fourth-order valence-electron chi connectivity index (χ4n) is 1.18. The number of methoxy groups -OCH3 is 1. The van der Waals surface area contributed by atoms with Gasteiger partial charge in [0.05, 0.1) is 6.61 Å². The number of nitrogens with one attached hydrogen (secondary N) is 1. The fourth-order valence-corrected chi connectivity index (χ4v) is 1.44. The molecule has 1 aromatic carbocycles. The van der Waals surface area contributed by atoms with Gasteiger partial charge in [-0.05, 0) is 17.7 Å². The molecule has 0 bridgehead atoms. The highest BCUT2D eigenvalue weighted by molar-refractivity contribution is 9.10. The van der Waals surface area contributed by atoms with E-state index >= 15 is 0 Å². The van der Waals surface area contributed by atoms with Gasteiger partial charge in [0.25, 0.3) is 0 Å². The van der Waals surface area contributed by atoms with Crippen molar-refractivity contribution in [3.63, 3.8) is 0 Å². The molecule has 0 aliphatic rings. The summed E-state index contributed by atoms with van der Waals surface area (Å²) in [6.45, 7) is 0.704. The fraction of sp³-hybridized carbons (Fsp3) is 0.364. The summed E-state index contributed by atoms with van der Waals surface area (Å²) in [6.07, 6.45) is 0. The second kappa shape index (κ2) is 8.47. The molecule has 1 unspecified atom stereocenters. The molecule has 6 heteroatoms. The maximum absolute atomic E-state index is 11.4. The Labute approximate surface area is 115 Å². The Morgan fingerprint density at radius 3 is 2.59 bits per heavy atom. The second-order valence-electron chi connectivity index (χ2n) is 3.41. The van der Waals surface area contributed by atoms with Crippen LogP contribution in [0, 0.1) is 0 Å². The summed E-state index contributed by atoms with van der Waals surface area (Å²) in [6, 6.07) is 7.12. The Kier molecular flexibility index (Phi) is 8.16. The average molecular weight is 324 g/mol. The Bertz CT molecular complexity index is 346. The molecule has 0 radical (unpaired) electrons. The van der Waals surface area contributed by atoms with Crippen molar-refractivity contribution in [2.75, 3.05) is 13.7 Å². The summed E-state index contributed by atoms with van der Waals surface area (Å²) in [5, 5.41) is 2.74. The minimum atomic E-state index is -0.611. The van der Waals surface area contributed by atoms with E-state index in [2.05, 4.69) is 21.2 Å². The highest BCUT2D eigenvalue weighted by atomic mass is 79.9. The van der Waals surface area contributed by atoms with Gasteiger partial charge in [0.1, 0.15) is 6.04 Å². The molecule has 0 fully saturated rings. The maximum atomic E-state index is 11.4. The molecule has 3 N–H and O–H groups in total. The summed E-state index contributed by atoms with van der Waals surface area (Å²) < 4.78 is 5.81. The first kappa shape index (κ1) is 16.4. The van der Waals surface area contributed by atoms with E-state index in [4.69, 9.17) is 10.5 Å². The lowest BCUT2D eigenvalue weighted by atomic mass is 10.2. The van der Waals surface area contributed by atoms with E-state index in [0.717, 1.165) is 10.0 Å². The minimum Gasteiger partial charge on any atom is -0.383 e. The first-order valence-electron chi connectivity index (χ1n) is 4.90. The van der Waals surface area contributed by atoms with Gasteiger partial charge in [0.2, 0.25) is 5.91 Å². The predicted molar refractivity (Wildman–Crippen MR) is 73.1 cm³/mol. The van der Waals surface area contributed by atoms with Crippen molar-refractivity contribution < 1.29 is 9.53 Å². The van der Waals surface area contributed by atoms with Crippen LogP contribution in [0.4, 0.5) is 0 Å². The highest BCUT2D eigenvalue weighted by Crippen LogP contribution is 2.10. The molecule has 0 aliphatic carbocycles. The Morgan fingerprint density at radius 1 is 1.47 bits per heavy atom. The second-order valence-corrected chi connectivity index (χ2v) is 4.32. The molecule has 1 aromatic rings. The van der Waals surface area contributed by atoms with Gasteiger partial charge < -0.3 is 15.8 Å². The van der Waals surface area contributed by atoms with Gasteiger partial charge in [-0.3, -0.25) is 4.79 Å². The summed E-state index contributed by atoms with van der Waals surface area (Å²) >= 11 is 3.35. The van der Waals surface area contributed by atoms with E-state index in [1.165, 1.54) is 7.11 Å². The van der Waals surface area contributed by atoms with E-state index in [0.29, 0.717) is 6.54 Å². The topological polar surface area (TPSA) is 64.3 Å². The lowest BCUT2D eigenvalue weighted by molar-refractivity contribution is -0.123. The van der Waals surface area contributed by atoms with E-state index in [-0.39, 0.29) is 24.9 Å². The highest BCUT2D eigenvalue weighted by Gasteiger charge is 2.11. The molecule has 0 heterocycles. The third kappa shape index (κ3) is 6.02. The molecule has 0 spiro atoms. The third-order valence-electron chi connectivity index (χ3n) is 2.06. The van der Waals surface area contributed by atoms with Gasteiger partial charge in [-0.2, -0.15) is 0 Å². The van der Waals surface area contributed by atoms with Crippen molar-refractivity contribution in [2.45, 2.75) is 12.6 Å². The normalized spacial score (nSPS) is 11.5. The number of nitrogens with two attached hydrogens (primary N) is 1. The van der Waals surface area contributed by atoms with Gasteiger partial charge in [0, 0.05) is 18.1 Å². The Morgan fingerprint density at radius 2 is 2.06 bits per heavy atom. The molecule has 4 nitrogen and oxygen atoms in total. The minimum absolute atomic E-state index is 0. The number of carbonyl (C=O) groups excluding carboxylic acids is 1. The van der Waals surface area contributed by atoms with E-state index in [1.54, 1.807) is 0 Å². The zero-order chi connectivity index (χ0) is 12.0. The molecule has 17 heavy (non-hydrogen) atoms. The molecule has 96 valence electrons. The third-order valence-corrected chi connectivity index (χ3v) is 2.59. The van der Waals surface area contributed by atoms with Crippen molar-refractivity contribution in [2.24, 2.45) is 5.73 Å². The summed E-state index contributed by atoms with van der Waals surface area (Å²) in [5.74, 6) is -0.204. The van der Waals surface area contributed by atoms with Crippen LogP contribution in [-0.2, 0) is 16.1 Å². The van der Waals surface area contributed by atoms with Gasteiger partial charge in [-0.1, -0.05) is 28.1 Å². The summed E-state index contributed by atoms with van der Waals surface area (Å²) in [5.41, 5.74) is 6.60. The number of halogens is 2. The standard InChI is InChI=1S/C11H15BrN2O2.ClH/c1-16-7-10(13)11(15)14-6-8-2-4-9(12)5-3-8;/h2-5,10H,6-7,13H2,1H3,(H,14,15);1H. The van der Waals surface area contributed by atoms with Crippen LogP contribution in [0.1, 0.15) is 5.56 Å². The van der Waals surface area contributed by atoms with E-state index in [9.17, 15) is 4.79 Å². The number of benzene rings is 1. The zero-order valence-corrected chi connectivity index (χ0v) is 11.9. The van der Waals surface area contributed by atoms with Crippen LogP contribution in [0.5, 0.6) is 0 Å². The molecular weight excluding hydrogens is 307 g/mol. The van der Waals surface area contributed by atoms with Crippen molar-refractivity contribution in [3.05, 3.63) is 34.3 Å².